The van der Waals surface area contributed by atoms with Crippen molar-refractivity contribution in [2.24, 2.45) is 5.73 Å². The average molecular weight is 262 g/mol. The zero-order chi connectivity index (χ0) is 13.8. The van der Waals surface area contributed by atoms with E-state index in [1.54, 1.807) is 23.1 Å². The molecule has 0 aromatic heterocycles. The number of carbonyl (C=O) groups is 1. The molecule has 1 atom stereocenters. The molecule has 1 heterocycles. The summed E-state index contributed by atoms with van der Waals surface area (Å²) in [5.41, 5.74) is 7.56. The zero-order valence-electron chi connectivity index (χ0n) is 11.1. The number of likely N-dealkylation sites (tertiary alicyclic amines) is 1. The first kappa shape index (κ1) is 13.7. The van der Waals surface area contributed by atoms with Crippen molar-refractivity contribution in [1.29, 1.82) is 0 Å². The molecule has 4 heteroatoms. The van der Waals surface area contributed by atoms with E-state index in [-0.39, 0.29) is 17.8 Å². The van der Waals surface area contributed by atoms with Crippen LogP contribution in [-0.2, 0) is 4.79 Å². The van der Waals surface area contributed by atoms with Crippen LogP contribution in [0.1, 0.15) is 25.3 Å². The number of benzene rings is 1. The highest BCUT2D eigenvalue weighted by atomic mass is 19.1. The minimum Gasteiger partial charge on any atom is -0.338 e. The second-order valence-corrected chi connectivity index (χ2v) is 5.02. The largest absolute Gasteiger partial charge is 0.338 e. The van der Waals surface area contributed by atoms with Gasteiger partial charge in [-0.2, -0.15) is 0 Å². The minimum absolute atomic E-state index is 0.0167. The van der Waals surface area contributed by atoms with Crippen molar-refractivity contribution in [3.05, 3.63) is 41.7 Å². The number of amides is 1. The van der Waals surface area contributed by atoms with Crippen molar-refractivity contribution in [1.82, 2.24) is 4.90 Å². The topological polar surface area (TPSA) is 46.3 Å². The van der Waals surface area contributed by atoms with Gasteiger partial charge in [0.2, 0.25) is 5.91 Å². The van der Waals surface area contributed by atoms with Gasteiger partial charge < -0.3 is 10.6 Å². The molecule has 3 nitrogen and oxygen atoms in total. The smallest absolute Gasteiger partial charge is 0.246 e. The van der Waals surface area contributed by atoms with Crippen LogP contribution in [0.3, 0.4) is 0 Å². The minimum atomic E-state index is -0.273. The molecule has 0 bridgehead atoms. The molecule has 19 heavy (non-hydrogen) atoms. The Bertz CT molecular complexity index is 481. The van der Waals surface area contributed by atoms with E-state index in [0.717, 1.165) is 30.5 Å². The summed E-state index contributed by atoms with van der Waals surface area (Å²) in [5, 5.41) is 0. The van der Waals surface area contributed by atoms with Crippen molar-refractivity contribution in [2.75, 3.05) is 13.1 Å². The Morgan fingerprint density at radius 2 is 2.11 bits per heavy atom. The standard InChI is InChI=1S/C15H19FN2O/c1-11(12-4-6-13(16)7-5-12)9-15(19)18-8-2-3-14(17)10-18/h4-7,9,14H,2-3,8,10,17H2,1H3/b11-9-. The summed E-state index contributed by atoms with van der Waals surface area (Å²) in [5.74, 6) is -0.290. The Morgan fingerprint density at radius 1 is 1.42 bits per heavy atom. The lowest BCUT2D eigenvalue weighted by Gasteiger charge is -2.30. The molecule has 0 spiro atoms. The van der Waals surface area contributed by atoms with Gasteiger partial charge in [-0.05, 0) is 43.0 Å². The monoisotopic (exact) mass is 262 g/mol. The summed E-state index contributed by atoms with van der Waals surface area (Å²) in [4.78, 5) is 13.9. The molecular weight excluding hydrogens is 243 g/mol. The van der Waals surface area contributed by atoms with Gasteiger partial charge in [-0.15, -0.1) is 0 Å². The highest BCUT2D eigenvalue weighted by molar-refractivity contribution is 5.94. The lowest BCUT2D eigenvalue weighted by Crippen LogP contribution is -2.45. The third-order valence-electron chi connectivity index (χ3n) is 3.41. The molecule has 1 saturated heterocycles. The maximum atomic E-state index is 12.8. The maximum Gasteiger partial charge on any atom is 0.246 e. The summed E-state index contributed by atoms with van der Waals surface area (Å²) >= 11 is 0. The first-order valence-electron chi connectivity index (χ1n) is 6.55. The van der Waals surface area contributed by atoms with Crippen molar-refractivity contribution >= 4 is 11.5 Å². The number of hydrogen-bond donors (Lipinski definition) is 1. The van der Waals surface area contributed by atoms with Crippen LogP contribution >= 0.6 is 0 Å². The average Bonchev–Trinajstić information content (AvgIpc) is 2.39. The highest BCUT2D eigenvalue weighted by Crippen LogP contribution is 2.16. The first-order valence-corrected chi connectivity index (χ1v) is 6.55. The number of nitrogens with two attached hydrogens (primary N) is 1. The van der Waals surface area contributed by atoms with Crippen LogP contribution in [0.25, 0.3) is 5.57 Å². The Labute approximate surface area is 112 Å². The third kappa shape index (κ3) is 3.64. The van der Waals surface area contributed by atoms with Gasteiger partial charge in [0.25, 0.3) is 0 Å². The van der Waals surface area contributed by atoms with Gasteiger partial charge >= 0.3 is 0 Å². The molecule has 1 aromatic carbocycles. The summed E-state index contributed by atoms with van der Waals surface area (Å²) in [6.45, 7) is 3.24. The molecule has 0 aliphatic carbocycles. The third-order valence-corrected chi connectivity index (χ3v) is 3.41. The Balaban J connectivity index is 2.07. The number of carbonyl (C=O) groups excluding carboxylic acids is 1. The van der Waals surface area contributed by atoms with Gasteiger partial charge in [-0.25, -0.2) is 4.39 Å². The highest BCUT2D eigenvalue weighted by Gasteiger charge is 2.19. The first-order chi connectivity index (χ1) is 9.06. The van der Waals surface area contributed by atoms with Crippen LogP contribution in [0.5, 0.6) is 0 Å². The summed E-state index contributed by atoms with van der Waals surface area (Å²) in [6.07, 6.45) is 3.53. The summed E-state index contributed by atoms with van der Waals surface area (Å²) in [6, 6.07) is 6.23. The fourth-order valence-corrected chi connectivity index (χ4v) is 2.28. The maximum absolute atomic E-state index is 12.8. The molecule has 1 amide bonds. The molecule has 102 valence electrons. The van der Waals surface area contributed by atoms with Gasteiger partial charge in [0.1, 0.15) is 5.82 Å². The van der Waals surface area contributed by atoms with Gasteiger partial charge in [0.15, 0.2) is 0 Å². The van der Waals surface area contributed by atoms with Crippen LogP contribution in [0.2, 0.25) is 0 Å². The number of nitrogens with zero attached hydrogens (tertiary/aromatic N) is 1. The Hall–Kier alpha value is -1.68. The van der Waals surface area contributed by atoms with Gasteiger partial charge in [0, 0.05) is 25.2 Å². The van der Waals surface area contributed by atoms with Crippen LogP contribution in [0.4, 0.5) is 4.39 Å². The lowest BCUT2D eigenvalue weighted by molar-refractivity contribution is -0.127. The molecule has 1 aromatic rings. The number of hydrogen-bond acceptors (Lipinski definition) is 2. The molecular formula is C15H19FN2O. The Morgan fingerprint density at radius 3 is 2.74 bits per heavy atom. The number of rotatable bonds is 2. The van der Waals surface area contributed by atoms with E-state index in [1.807, 2.05) is 6.92 Å². The quantitative estimate of drug-likeness (QED) is 0.830. The van der Waals surface area contributed by atoms with Gasteiger partial charge in [-0.1, -0.05) is 12.1 Å². The number of halogens is 1. The zero-order valence-corrected chi connectivity index (χ0v) is 11.1. The SMILES string of the molecule is C/C(=C/C(=O)N1CCCC(N)C1)c1ccc(F)cc1. The van der Waals surface area contributed by atoms with E-state index in [1.165, 1.54) is 12.1 Å². The van der Waals surface area contributed by atoms with E-state index in [9.17, 15) is 9.18 Å². The van der Waals surface area contributed by atoms with Crippen LogP contribution in [0.15, 0.2) is 30.3 Å². The number of piperidine rings is 1. The van der Waals surface area contributed by atoms with E-state index in [2.05, 4.69) is 0 Å². The molecule has 1 fully saturated rings. The second kappa shape index (κ2) is 5.97. The molecule has 2 rings (SSSR count). The van der Waals surface area contributed by atoms with E-state index < -0.39 is 0 Å². The van der Waals surface area contributed by atoms with Gasteiger partial charge in [0.05, 0.1) is 0 Å². The van der Waals surface area contributed by atoms with Crippen LogP contribution < -0.4 is 5.73 Å². The van der Waals surface area contributed by atoms with Crippen molar-refractivity contribution in [3.8, 4) is 0 Å². The predicted octanol–water partition coefficient (Wildman–Crippen LogP) is 2.18. The normalized spacial score (nSPS) is 20.5. The van der Waals surface area contributed by atoms with Gasteiger partial charge in [-0.3, -0.25) is 4.79 Å². The Kier molecular flexibility index (Phi) is 4.32. The van der Waals surface area contributed by atoms with Crippen LogP contribution in [-0.4, -0.2) is 29.9 Å². The molecule has 2 N–H and O–H groups in total. The molecule has 0 saturated carbocycles. The van der Waals surface area contributed by atoms with Crippen LogP contribution in [0, 0.1) is 5.82 Å². The van der Waals surface area contributed by atoms with E-state index in [0.29, 0.717) is 6.54 Å². The van der Waals surface area contributed by atoms with E-state index in [4.69, 9.17) is 5.73 Å². The summed E-state index contributed by atoms with van der Waals surface area (Å²) < 4.78 is 12.8. The fourth-order valence-electron chi connectivity index (χ4n) is 2.28. The second-order valence-electron chi connectivity index (χ2n) is 5.02. The summed E-state index contributed by atoms with van der Waals surface area (Å²) in [7, 11) is 0. The number of allylic oxidation sites excluding steroid dienone is 1. The van der Waals surface area contributed by atoms with Crippen molar-refractivity contribution in [3.63, 3.8) is 0 Å². The van der Waals surface area contributed by atoms with Crippen molar-refractivity contribution < 1.29 is 9.18 Å². The predicted molar refractivity (Wildman–Crippen MR) is 73.8 cm³/mol. The van der Waals surface area contributed by atoms with E-state index >= 15 is 0 Å². The molecule has 1 aliphatic rings. The van der Waals surface area contributed by atoms with Crippen molar-refractivity contribution in [2.45, 2.75) is 25.8 Å². The molecule has 0 radical (unpaired) electrons. The molecule has 1 aliphatic heterocycles. The lowest BCUT2D eigenvalue weighted by atomic mass is 10.0. The molecule has 1 unspecified atom stereocenters. The fraction of sp³-hybridized carbons (Fsp3) is 0.400.